The molecule has 1 atom stereocenters. The van der Waals surface area contributed by atoms with Crippen LogP contribution in [-0.2, 0) is 6.42 Å². The second-order valence-corrected chi connectivity index (χ2v) is 5.02. The molecule has 4 rings (SSSR count). The number of amides is 2. The zero-order valence-corrected chi connectivity index (χ0v) is 10.8. The van der Waals surface area contributed by atoms with Crippen molar-refractivity contribution >= 4 is 11.7 Å². The van der Waals surface area contributed by atoms with E-state index in [2.05, 4.69) is 27.8 Å². The molecule has 98 valence electrons. The van der Waals surface area contributed by atoms with Crippen molar-refractivity contribution in [2.45, 2.75) is 12.5 Å². The number of hydrogen-bond acceptors (Lipinski definition) is 2. The van der Waals surface area contributed by atoms with Crippen LogP contribution in [0, 0.1) is 0 Å². The van der Waals surface area contributed by atoms with Crippen LogP contribution in [0.25, 0.3) is 5.70 Å². The molecule has 0 bridgehead atoms. The molecule has 1 aromatic carbocycles. The molecule has 1 aliphatic heterocycles. The minimum atomic E-state index is -0.170. The van der Waals surface area contributed by atoms with Gasteiger partial charge in [0, 0.05) is 11.8 Å². The third kappa shape index (κ3) is 1.61. The van der Waals surface area contributed by atoms with Gasteiger partial charge in [0.1, 0.15) is 0 Å². The van der Waals surface area contributed by atoms with E-state index in [9.17, 15) is 4.79 Å². The SMILES string of the molecule is O=C1NC2=C(Cc3ccccc32)C(c2ccccn2)N1. The average Bonchev–Trinajstić information content (AvgIpc) is 2.86. The maximum atomic E-state index is 11.9. The maximum absolute atomic E-state index is 11.9. The van der Waals surface area contributed by atoms with Crippen LogP contribution < -0.4 is 10.6 Å². The van der Waals surface area contributed by atoms with Crippen molar-refractivity contribution in [1.29, 1.82) is 0 Å². The summed E-state index contributed by atoms with van der Waals surface area (Å²) in [7, 11) is 0. The summed E-state index contributed by atoms with van der Waals surface area (Å²) in [5.74, 6) is 0. The lowest BCUT2D eigenvalue weighted by molar-refractivity contribution is 0.240. The highest BCUT2D eigenvalue weighted by Gasteiger charge is 2.34. The normalized spacial score (nSPS) is 20.0. The Hall–Kier alpha value is -2.62. The van der Waals surface area contributed by atoms with Crippen LogP contribution in [0.2, 0.25) is 0 Å². The zero-order chi connectivity index (χ0) is 13.5. The van der Waals surface area contributed by atoms with Crippen LogP contribution in [-0.4, -0.2) is 11.0 Å². The average molecular weight is 263 g/mol. The first-order valence-electron chi connectivity index (χ1n) is 6.63. The lowest BCUT2D eigenvalue weighted by Crippen LogP contribution is -2.42. The molecule has 1 aliphatic carbocycles. The Labute approximate surface area is 116 Å². The summed E-state index contributed by atoms with van der Waals surface area (Å²) in [6.07, 6.45) is 2.60. The number of benzene rings is 1. The van der Waals surface area contributed by atoms with Crippen LogP contribution in [0.4, 0.5) is 4.79 Å². The van der Waals surface area contributed by atoms with Crippen molar-refractivity contribution in [1.82, 2.24) is 15.6 Å². The van der Waals surface area contributed by atoms with E-state index in [1.807, 2.05) is 30.3 Å². The standard InChI is InChI=1S/C16H13N3O/c20-16-18-14-11-6-2-1-5-10(11)9-12(14)15(19-16)13-7-3-4-8-17-13/h1-8,15H,9H2,(H2,18,19,20). The van der Waals surface area contributed by atoms with Gasteiger partial charge in [-0.15, -0.1) is 0 Å². The van der Waals surface area contributed by atoms with Gasteiger partial charge in [0.15, 0.2) is 0 Å². The summed E-state index contributed by atoms with van der Waals surface area (Å²) in [6, 6.07) is 13.6. The Bertz CT molecular complexity index is 722. The fourth-order valence-electron chi connectivity index (χ4n) is 2.95. The molecule has 0 radical (unpaired) electrons. The third-order valence-electron chi connectivity index (χ3n) is 3.83. The minimum Gasteiger partial charge on any atom is -0.326 e. The zero-order valence-electron chi connectivity index (χ0n) is 10.8. The number of aromatic nitrogens is 1. The fourth-order valence-corrected chi connectivity index (χ4v) is 2.95. The quantitative estimate of drug-likeness (QED) is 0.830. The van der Waals surface area contributed by atoms with Crippen molar-refractivity contribution in [3.63, 3.8) is 0 Å². The number of carbonyl (C=O) groups is 1. The first kappa shape index (κ1) is 11.2. The molecule has 2 N–H and O–H groups in total. The van der Waals surface area contributed by atoms with E-state index < -0.39 is 0 Å². The van der Waals surface area contributed by atoms with Crippen LogP contribution in [0.3, 0.4) is 0 Å². The molecule has 2 aliphatic rings. The van der Waals surface area contributed by atoms with Gasteiger partial charge in [-0.05, 0) is 29.7 Å². The molecule has 2 aromatic rings. The topological polar surface area (TPSA) is 54.0 Å². The van der Waals surface area contributed by atoms with Gasteiger partial charge in [-0.2, -0.15) is 0 Å². The number of hydrogen-bond donors (Lipinski definition) is 2. The number of fused-ring (bicyclic) bond motifs is 2. The summed E-state index contributed by atoms with van der Waals surface area (Å²) >= 11 is 0. The number of rotatable bonds is 1. The Morgan fingerprint density at radius 3 is 2.80 bits per heavy atom. The van der Waals surface area contributed by atoms with Gasteiger partial charge in [-0.3, -0.25) is 4.98 Å². The Kier molecular flexibility index (Phi) is 2.36. The second-order valence-electron chi connectivity index (χ2n) is 5.02. The van der Waals surface area contributed by atoms with Gasteiger partial charge in [-0.25, -0.2) is 4.79 Å². The molecule has 0 spiro atoms. The molecule has 20 heavy (non-hydrogen) atoms. The summed E-state index contributed by atoms with van der Waals surface area (Å²) < 4.78 is 0. The summed E-state index contributed by atoms with van der Waals surface area (Å²) in [5.41, 5.74) is 5.38. The number of urea groups is 1. The molecule has 0 saturated carbocycles. The van der Waals surface area contributed by atoms with Crippen molar-refractivity contribution in [3.05, 3.63) is 71.1 Å². The van der Waals surface area contributed by atoms with E-state index in [0.29, 0.717) is 0 Å². The smallest absolute Gasteiger partial charge is 0.320 e. The van der Waals surface area contributed by atoms with Crippen LogP contribution in [0.1, 0.15) is 22.9 Å². The van der Waals surface area contributed by atoms with Crippen molar-refractivity contribution in [3.8, 4) is 0 Å². The van der Waals surface area contributed by atoms with E-state index in [-0.39, 0.29) is 12.1 Å². The Morgan fingerprint density at radius 2 is 1.95 bits per heavy atom. The lowest BCUT2D eigenvalue weighted by Gasteiger charge is -2.26. The predicted octanol–water partition coefficient (Wildman–Crippen LogP) is 2.40. The molecule has 2 heterocycles. The predicted molar refractivity (Wildman–Crippen MR) is 75.7 cm³/mol. The maximum Gasteiger partial charge on any atom is 0.320 e. The Balaban J connectivity index is 1.84. The molecule has 0 fully saturated rings. The highest BCUT2D eigenvalue weighted by molar-refractivity contribution is 5.92. The largest absolute Gasteiger partial charge is 0.326 e. The Morgan fingerprint density at radius 1 is 1.10 bits per heavy atom. The summed E-state index contributed by atoms with van der Waals surface area (Å²) in [6.45, 7) is 0. The molecule has 4 heteroatoms. The number of nitrogens with zero attached hydrogens (tertiary/aromatic N) is 1. The molecular formula is C16H13N3O. The van der Waals surface area contributed by atoms with Gasteiger partial charge >= 0.3 is 6.03 Å². The molecule has 2 amide bonds. The van der Waals surface area contributed by atoms with Gasteiger partial charge in [0.05, 0.1) is 17.4 Å². The summed E-state index contributed by atoms with van der Waals surface area (Å²) in [5, 5.41) is 5.90. The van der Waals surface area contributed by atoms with Gasteiger partial charge in [-0.1, -0.05) is 30.3 Å². The molecule has 0 saturated heterocycles. The number of pyridine rings is 1. The minimum absolute atomic E-state index is 0.146. The van der Waals surface area contributed by atoms with Crippen LogP contribution in [0.5, 0.6) is 0 Å². The first-order valence-corrected chi connectivity index (χ1v) is 6.63. The molecule has 1 unspecified atom stereocenters. The highest BCUT2D eigenvalue weighted by Crippen LogP contribution is 2.39. The number of carbonyl (C=O) groups excluding carboxylic acids is 1. The van der Waals surface area contributed by atoms with Gasteiger partial charge in [0.25, 0.3) is 0 Å². The molecular weight excluding hydrogens is 250 g/mol. The summed E-state index contributed by atoms with van der Waals surface area (Å²) in [4.78, 5) is 16.3. The second kappa shape index (κ2) is 4.20. The fraction of sp³-hybridized carbons (Fsp3) is 0.125. The molecule has 4 nitrogen and oxygen atoms in total. The molecule has 1 aromatic heterocycles. The third-order valence-corrected chi connectivity index (χ3v) is 3.83. The monoisotopic (exact) mass is 263 g/mol. The van der Waals surface area contributed by atoms with E-state index in [4.69, 9.17) is 0 Å². The first-order chi connectivity index (χ1) is 9.83. The highest BCUT2D eigenvalue weighted by atomic mass is 16.2. The van der Waals surface area contributed by atoms with Crippen LogP contribution in [0.15, 0.2) is 54.2 Å². The van der Waals surface area contributed by atoms with Crippen molar-refractivity contribution < 1.29 is 4.79 Å². The van der Waals surface area contributed by atoms with E-state index in [0.717, 1.165) is 23.4 Å². The van der Waals surface area contributed by atoms with Crippen LogP contribution >= 0.6 is 0 Å². The van der Waals surface area contributed by atoms with Crippen molar-refractivity contribution in [2.75, 3.05) is 0 Å². The van der Waals surface area contributed by atoms with E-state index >= 15 is 0 Å². The van der Waals surface area contributed by atoms with Gasteiger partial charge < -0.3 is 10.6 Å². The van der Waals surface area contributed by atoms with E-state index in [1.165, 1.54) is 11.1 Å². The van der Waals surface area contributed by atoms with Crippen molar-refractivity contribution in [2.24, 2.45) is 0 Å². The van der Waals surface area contributed by atoms with Gasteiger partial charge in [0.2, 0.25) is 0 Å². The lowest BCUT2D eigenvalue weighted by atomic mass is 9.99. The van der Waals surface area contributed by atoms with E-state index in [1.54, 1.807) is 6.20 Å². The number of nitrogens with one attached hydrogen (secondary N) is 2.